The highest BCUT2D eigenvalue weighted by Gasteiger charge is 2.39. The Morgan fingerprint density at radius 2 is 1.95 bits per heavy atom. The van der Waals surface area contributed by atoms with Crippen molar-refractivity contribution in [3.05, 3.63) is 23.0 Å². The van der Waals surface area contributed by atoms with Gasteiger partial charge in [-0.05, 0) is 49.8 Å². The molecule has 21 heavy (non-hydrogen) atoms. The minimum Gasteiger partial charge on any atom is -0.396 e. The molecule has 0 unspecified atom stereocenters. The zero-order valence-corrected chi connectivity index (χ0v) is 13.8. The van der Waals surface area contributed by atoms with Gasteiger partial charge in [-0.3, -0.25) is 0 Å². The molecule has 0 aliphatic heterocycles. The van der Waals surface area contributed by atoms with Gasteiger partial charge in [-0.15, -0.1) is 0 Å². The van der Waals surface area contributed by atoms with Crippen molar-refractivity contribution in [3.63, 3.8) is 0 Å². The quantitative estimate of drug-likeness (QED) is 0.850. The van der Waals surface area contributed by atoms with Crippen LogP contribution >= 0.6 is 0 Å². The molecule has 0 bridgehead atoms. The van der Waals surface area contributed by atoms with Crippen LogP contribution in [0.15, 0.2) is 11.0 Å². The number of nitrogen functional groups attached to an aromatic ring is 1. The van der Waals surface area contributed by atoms with Crippen LogP contribution in [0.25, 0.3) is 0 Å². The average Bonchev–Trinajstić information content (AvgIpc) is 3.16. The second kappa shape index (κ2) is 5.57. The fourth-order valence-corrected chi connectivity index (χ4v) is 4.91. The average molecular weight is 314 g/mol. The molecule has 0 radical (unpaired) electrons. The van der Waals surface area contributed by atoms with Gasteiger partial charge in [0, 0.05) is 12.6 Å². The molecule has 1 aliphatic rings. The lowest BCUT2D eigenvalue weighted by atomic mass is 10.1. The van der Waals surface area contributed by atoms with Crippen molar-refractivity contribution >= 4 is 15.7 Å². The summed E-state index contributed by atoms with van der Waals surface area (Å²) in [5, 5.41) is 0. The fourth-order valence-electron chi connectivity index (χ4n) is 2.61. The molecule has 1 aliphatic carbocycles. The second-order valence-electron chi connectivity index (χ2n) is 6.24. The lowest BCUT2D eigenvalue weighted by molar-refractivity contribution is 0.359. The van der Waals surface area contributed by atoms with E-state index in [1.807, 2.05) is 13.8 Å². The standard InChI is InChI=1S/C15H23FN2O2S/c1-9(2)8-18(12-5-6-12)21(19,20)15-10(3)7-13(16)14(17)11(15)4/h7,9,12H,5-6,8,17H2,1-4H3. The molecular weight excluding hydrogens is 291 g/mol. The molecule has 0 aromatic heterocycles. The number of anilines is 1. The maximum atomic E-state index is 13.7. The molecule has 2 rings (SSSR count). The number of nitrogens with two attached hydrogens (primary N) is 1. The van der Waals surface area contributed by atoms with Gasteiger partial charge in [-0.1, -0.05) is 13.8 Å². The van der Waals surface area contributed by atoms with E-state index >= 15 is 0 Å². The first-order chi connectivity index (χ1) is 9.66. The Labute approximate surface area is 126 Å². The van der Waals surface area contributed by atoms with Crippen molar-refractivity contribution < 1.29 is 12.8 Å². The van der Waals surface area contributed by atoms with Gasteiger partial charge in [0.2, 0.25) is 10.0 Å². The van der Waals surface area contributed by atoms with E-state index in [0.29, 0.717) is 17.7 Å². The molecule has 118 valence electrons. The van der Waals surface area contributed by atoms with Crippen LogP contribution in [0.2, 0.25) is 0 Å². The van der Waals surface area contributed by atoms with Crippen LogP contribution in [-0.4, -0.2) is 25.3 Å². The fraction of sp³-hybridized carbons (Fsp3) is 0.600. The third-order valence-corrected chi connectivity index (χ3v) is 5.98. The molecule has 1 saturated carbocycles. The Bertz CT molecular complexity index is 652. The van der Waals surface area contributed by atoms with Gasteiger partial charge < -0.3 is 5.73 Å². The van der Waals surface area contributed by atoms with Crippen LogP contribution in [0.1, 0.15) is 37.8 Å². The molecule has 0 amide bonds. The summed E-state index contributed by atoms with van der Waals surface area (Å²) in [5.41, 5.74) is 6.32. The van der Waals surface area contributed by atoms with Crippen molar-refractivity contribution in [1.82, 2.24) is 4.31 Å². The zero-order valence-electron chi connectivity index (χ0n) is 13.0. The number of halogens is 1. The maximum absolute atomic E-state index is 13.7. The van der Waals surface area contributed by atoms with E-state index in [0.717, 1.165) is 12.8 Å². The Hall–Kier alpha value is -1.14. The molecule has 1 aromatic rings. The highest BCUT2D eigenvalue weighted by molar-refractivity contribution is 7.89. The van der Waals surface area contributed by atoms with Crippen LogP contribution in [0.4, 0.5) is 10.1 Å². The smallest absolute Gasteiger partial charge is 0.243 e. The van der Waals surface area contributed by atoms with Gasteiger partial charge in [-0.25, -0.2) is 12.8 Å². The van der Waals surface area contributed by atoms with Crippen LogP contribution in [-0.2, 0) is 10.0 Å². The molecule has 0 atom stereocenters. The van der Waals surface area contributed by atoms with E-state index in [1.165, 1.54) is 6.07 Å². The molecule has 1 aromatic carbocycles. The number of nitrogens with zero attached hydrogens (tertiary/aromatic N) is 1. The van der Waals surface area contributed by atoms with E-state index in [1.54, 1.807) is 18.2 Å². The Morgan fingerprint density at radius 1 is 1.38 bits per heavy atom. The van der Waals surface area contributed by atoms with Crippen molar-refractivity contribution in [2.45, 2.75) is 51.5 Å². The number of hydrogen-bond acceptors (Lipinski definition) is 3. The lowest BCUT2D eigenvalue weighted by Gasteiger charge is -2.26. The number of aryl methyl sites for hydroxylation is 1. The minimum absolute atomic E-state index is 0.0717. The summed E-state index contributed by atoms with van der Waals surface area (Å²) < 4.78 is 41.2. The summed E-state index contributed by atoms with van der Waals surface area (Å²) in [5.74, 6) is -0.329. The van der Waals surface area contributed by atoms with Crippen LogP contribution < -0.4 is 5.73 Å². The van der Waals surface area contributed by atoms with Crippen molar-refractivity contribution in [2.75, 3.05) is 12.3 Å². The summed E-state index contributed by atoms with van der Waals surface area (Å²) in [4.78, 5) is 0.161. The summed E-state index contributed by atoms with van der Waals surface area (Å²) in [6, 6.07) is 1.28. The molecule has 4 nitrogen and oxygen atoms in total. The van der Waals surface area contributed by atoms with Gasteiger partial charge in [-0.2, -0.15) is 4.31 Å². The van der Waals surface area contributed by atoms with E-state index in [4.69, 9.17) is 5.73 Å². The SMILES string of the molecule is Cc1cc(F)c(N)c(C)c1S(=O)(=O)N(CC(C)C)C1CC1. The molecule has 1 fully saturated rings. The second-order valence-corrected chi connectivity index (χ2v) is 8.07. The molecule has 6 heteroatoms. The van der Waals surface area contributed by atoms with Crippen LogP contribution in [0.5, 0.6) is 0 Å². The van der Waals surface area contributed by atoms with Gasteiger partial charge in [0.15, 0.2) is 0 Å². The number of hydrogen-bond donors (Lipinski definition) is 1. The minimum atomic E-state index is -3.65. The van der Waals surface area contributed by atoms with Gasteiger partial charge in [0.05, 0.1) is 10.6 Å². The lowest BCUT2D eigenvalue weighted by Crippen LogP contribution is -2.37. The third kappa shape index (κ3) is 3.06. The maximum Gasteiger partial charge on any atom is 0.243 e. The Morgan fingerprint density at radius 3 is 2.43 bits per heavy atom. The van der Waals surface area contributed by atoms with E-state index < -0.39 is 15.8 Å². The normalized spacial score (nSPS) is 16.0. The Kier molecular flexibility index (Phi) is 4.31. The van der Waals surface area contributed by atoms with Gasteiger partial charge in [0.25, 0.3) is 0 Å². The van der Waals surface area contributed by atoms with Crippen molar-refractivity contribution in [2.24, 2.45) is 5.92 Å². The van der Waals surface area contributed by atoms with Crippen LogP contribution in [0, 0.1) is 25.6 Å². The van der Waals surface area contributed by atoms with Crippen molar-refractivity contribution in [3.8, 4) is 0 Å². The summed E-state index contributed by atoms with van der Waals surface area (Å²) in [6.45, 7) is 7.64. The third-order valence-electron chi connectivity index (χ3n) is 3.77. The molecule has 0 spiro atoms. The van der Waals surface area contributed by atoms with E-state index in [-0.39, 0.29) is 22.5 Å². The monoisotopic (exact) mass is 314 g/mol. The van der Waals surface area contributed by atoms with Gasteiger partial charge in [0.1, 0.15) is 5.82 Å². The molecule has 0 saturated heterocycles. The zero-order chi connectivity index (χ0) is 15.9. The number of sulfonamides is 1. The van der Waals surface area contributed by atoms with E-state index in [9.17, 15) is 12.8 Å². The summed E-state index contributed by atoms with van der Waals surface area (Å²) in [6.07, 6.45) is 1.78. The predicted molar refractivity (Wildman–Crippen MR) is 82.0 cm³/mol. The Balaban J connectivity index is 2.55. The van der Waals surface area contributed by atoms with Gasteiger partial charge >= 0.3 is 0 Å². The van der Waals surface area contributed by atoms with Crippen LogP contribution in [0.3, 0.4) is 0 Å². The molecular formula is C15H23FN2O2S. The first kappa shape index (κ1) is 16.2. The molecule has 0 heterocycles. The van der Waals surface area contributed by atoms with Crippen molar-refractivity contribution in [1.29, 1.82) is 0 Å². The summed E-state index contributed by atoms with van der Waals surface area (Å²) >= 11 is 0. The van der Waals surface area contributed by atoms with E-state index in [2.05, 4.69) is 0 Å². The first-order valence-corrected chi connectivity index (χ1v) is 8.67. The highest BCUT2D eigenvalue weighted by atomic mass is 32.2. The topological polar surface area (TPSA) is 63.4 Å². The first-order valence-electron chi connectivity index (χ1n) is 7.23. The highest BCUT2D eigenvalue weighted by Crippen LogP contribution is 2.36. The molecule has 2 N–H and O–H groups in total. The predicted octanol–water partition coefficient (Wildman–Crippen LogP) is 2.83. The largest absolute Gasteiger partial charge is 0.396 e. The number of benzene rings is 1. The number of rotatable bonds is 5. The summed E-state index contributed by atoms with van der Waals surface area (Å²) in [7, 11) is -3.65.